The first-order valence-corrected chi connectivity index (χ1v) is 8.52. The lowest BCUT2D eigenvalue weighted by atomic mass is 10.3. The van der Waals surface area contributed by atoms with Crippen LogP contribution in [-0.2, 0) is 19.4 Å². The molecule has 0 aliphatic carbocycles. The lowest BCUT2D eigenvalue weighted by Gasteiger charge is -2.06. The van der Waals surface area contributed by atoms with E-state index >= 15 is 0 Å². The van der Waals surface area contributed by atoms with Gasteiger partial charge in [-0.1, -0.05) is 6.92 Å². The number of rotatable bonds is 5. The molecule has 3 heterocycles. The second-order valence-electron chi connectivity index (χ2n) is 5.07. The first-order chi connectivity index (χ1) is 10.2. The average Bonchev–Trinajstić information content (AvgIpc) is 3.06. The molecule has 0 saturated heterocycles. The van der Waals surface area contributed by atoms with Crippen LogP contribution in [0.15, 0.2) is 24.3 Å². The number of pyridine rings is 1. The van der Waals surface area contributed by atoms with Crippen LogP contribution in [0.5, 0.6) is 0 Å². The van der Waals surface area contributed by atoms with Crippen molar-refractivity contribution in [2.75, 3.05) is 5.88 Å². The highest BCUT2D eigenvalue weighted by Gasteiger charge is 2.13. The van der Waals surface area contributed by atoms with Gasteiger partial charge in [0, 0.05) is 27.7 Å². The van der Waals surface area contributed by atoms with E-state index in [-0.39, 0.29) is 0 Å². The average molecular weight is 320 g/mol. The third kappa shape index (κ3) is 2.97. The Hall–Kier alpha value is -1.39. The van der Waals surface area contributed by atoms with E-state index in [1.54, 1.807) is 0 Å². The first-order valence-electron chi connectivity index (χ1n) is 7.17. The molecule has 0 radical (unpaired) electrons. The van der Waals surface area contributed by atoms with Gasteiger partial charge in [-0.2, -0.15) is 0 Å². The van der Waals surface area contributed by atoms with Gasteiger partial charge in [0.25, 0.3) is 0 Å². The van der Waals surface area contributed by atoms with Crippen LogP contribution in [0.25, 0.3) is 11.2 Å². The Morgan fingerprint density at radius 3 is 2.67 bits per heavy atom. The van der Waals surface area contributed by atoms with Crippen molar-refractivity contribution in [3.8, 4) is 0 Å². The molecular weight excluding hydrogens is 302 g/mol. The lowest BCUT2D eigenvalue weighted by Crippen LogP contribution is -2.06. The maximum Gasteiger partial charge on any atom is 0.160 e. The molecule has 3 rings (SSSR count). The zero-order valence-corrected chi connectivity index (χ0v) is 13.8. The minimum Gasteiger partial charge on any atom is -0.307 e. The van der Waals surface area contributed by atoms with Crippen molar-refractivity contribution < 1.29 is 0 Å². The zero-order valence-electron chi connectivity index (χ0n) is 12.3. The molecule has 5 heteroatoms. The van der Waals surface area contributed by atoms with Gasteiger partial charge in [0.1, 0.15) is 11.3 Å². The van der Waals surface area contributed by atoms with E-state index in [2.05, 4.69) is 33.6 Å². The number of aryl methyl sites for hydroxylation is 3. The van der Waals surface area contributed by atoms with Gasteiger partial charge in [0.05, 0.1) is 6.54 Å². The summed E-state index contributed by atoms with van der Waals surface area (Å²) in [5, 5.41) is 0. The zero-order chi connectivity index (χ0) is 14.8. The van der Waals surface area contributed by atoms with Crippen molar-refractivity contribution in [3.05, 3.63) is 45.5 Å². The van der Waals surface area contributed by atoms with E-state index in [9.17, 15) is 0 Å². The standard InChI is InChI=1S/C16H18ClN3S/c1-3-12-5-6-13(21-12)10-20-15(8-9-17)19-14-7-4-11(2)18-16(14)20/h4-7H,3,8-10H2,1-2H3. The molecule has 21 heavy (non-hydrogen) atoms. The van der Waals surface area contributed by atoms with Crippen LogP contribution in [0, 0.1) is 6.92 Å². The third-order valence-electron chi connectivity index (χ3n) is 3.51. The van der Waals surface area contributed by atoms with E-state index in [1.807, 2.05) is 30.4 Å². The molecule has 0 aliphatic heterocycles. The molecule has 0 atom stereocenters. The summed E-state index contributed by atoms with van der Waals surface area (Å²) in [7, 11) is 0. The number of thiophene rings is 1. The Morgan fingerprint density at radius 2 is 1.95 bits per heavy atom. The minimum atomic E-state index is 0.576. The fourth-order valence-corrected chi connectivity index (χ4v) is 3.55. The summed E-state index contributed by atoms with van der Waals surface area (Å²) in [5.74, 6) is 1.59. The van der Waals surface area contributed by atoms with E-state index in [0.717, 1.165) is 42.1 Å². The molecule has 0 fully saturated rings. The Bertz CT molecular complexity index is 760. The van der Waals surface area contributed by atoms with Crippen LogP contribution in [0.4, 0.5) is 0 Å². The second kappa shape index (κ2) is 6.16. The summed E-state index contributed by atoms with van der Waals surface area (Å²) in [6.07, 6.45) is 1.85. The topological polar surface area (TPSA) is 30.7 Å². The molecule has 0 spiro atoms. The molecule has 0 N–H and O–H groups in total. The van der Waals surface area contributed by atoms with Crippen LogP contribution in [0.1, 0.15) is 28.2 Å². The van der Waals surface area contributed by atoms with Gasteiger partial charge >= 0.3 is 0 Å². The summed E-state index contributed by atoms with van der Waals surface area (Å²) in [4.78, 5) is 12.1. The van der Waals surface area contributed by atoms with Gasteiger partial charge < -0.3 is 4.57 Å². The van der Waals surface area contributed by atoms with Crippen molar-refractivity contribution in [1.29, 1.82) is 0 Å². The number of halogens is 1. The molecule has 0 unspecified atom stereocenters. The van der Waals surface area contributed by atoms with Crippen LogP contribution >= 0.6 is 22.9 Å². The molecule has 0 bridgehead atoms. The molecule has 3 nitrogen and oxygen atoms in total. The highest BCUT2D eigenvalue weighted by atomic mass is 35.5. The number of aromatic nitrogens is 3. The maximum atomic E-state index is 5.93. The van der Waals surface area contributed by atoms with Gasteiger partial charge in [0.15, 0.2) is 5.65 Å². The second-order valence-corrected chi connectivity index (χ2v) is 6.70. The van der Waals surface area contributed by atoms with Crippen LogP contribution < -0.4 is 0 Å². The quantitative estimate of drug-likeness (QED) is 0.660. The van der Waals surface area contributed by atoms with Gasteiger partial charge in [-0.3, -0.25) is 0 Å². The number of hydrogen-bond acceptors (Lipinski definition) is 3. The van der Waals surface area contributed by atoms with Gasteiger partial charge in [-0.15, -0.1) is 22.9 Å². The number of nitrogens with zero attached hydrogens (tertiary/aromatic N) is 3. The van der Waals surface area contributed by atoms with E-state index in [1.165, 1.54) is 9.75 Å². The van der Waals surface area contributed by atoms with Gasteiger partial charge in [0.2, 0.25) is 0 Å². The fourth-order valence-electron chi connectivity index (χ4n) is 2.44. The number of alkyl halides is 1. The highest BCUT2D eigenvalue weighted by molar-refractivity contribution is 7.11. The smallest absolute Gasteiger partial charge is 0.160 e. The summed E-state index contributed by atoms with van der Waals surface area (Å²) < 4.78 is 2.20. The van der Waals surface area contributed by atoms with Crippen LogP contribution in [0.3, 0.4) is 0 Å². The summed E-state index contributed by atoms with van der Waals surface area (Å²) in [6.45, 7) is 5.02. The Morgan fingerprint density at radius 1 is 1.14 bits per heavy atom. The molecule has 0 aromatic carbocycles. The Kier molecular flexibility index (Phi) is 4.27. The van der Waals surface area contributed by atoms with Crippen molar-refractivity contribution >= 4 is 34.1 Å². The predicted molar refractivity (Wildman–Crippen MR) is 89.5 cm³/mol. The largest absolute Gasteiger partial charge is 0.307 e. The molecule has 3 aromatic heterocycles. The highest BCUT2D eigenvalue weighted by Crippen LogP contribution is 2.22. The maximum absolute atomic E-state index is 5.93. The molecular formula is C16H18ClN3S. The SMILES string of the molecule is CCc1ccc(Cn2c(CCCl)nc3ccc(C)nc32)s1. The fraction of sp³-hybridized carbons (Fsp3) is 0.375. The molecule has 3 aromatic rings. The van der Waals surface area contributed by atoms with Crippen molar-refractivity contribution in [2.24, 2.45) is 0 Å². The summed E-state index contributed by atoms with van der Waals surface area (Å²) in [6, 6.07) is 8.46. The van der Waals surface area contributed by atoms with Gasteiger partial charge in [-0.05, 0) is 37.6 Å². The molecule has 0 aliphatic rings. The Labute approximate surface area is 133 Å². The monoisotopic (exact) mass is 319 g/mol. The molecule has 0 amide bonds. The third-order valence-corrected chi connectivity index (χ3v) is 4.91. The van der Waals surface area contributed by atoms with Crippen LogP contribution in [-0.4, -0.2) is 20.4 Å². The van der Waals surface area contributed by atoms with Crippen molar-refractivity contribution in [1.82, 2.24) is 14.5 Å². The summed E-state index contributed by atoms with van der Waals surface area (Å²) in [5.41, 5.74) is 2.93. The first kappa shape index (κ1) is 14.5. The van der Waals surface area contributed by atoms with E-state index in [0.29, 0.717) is 5.88 Å². The number of imidazole rings is 1. The molecule has 0 saturated carbocycles. The normalized spacial score (nSPS) is 11.4. The van der Waals surface area contributed by atoms with Crippen LogP contribution in [0.2, 0.25) is 0 Å². The number of fused-ring (bicyclic) bond motifs is 1. The van der Waals surface area contributed by atoms with E-state index < -0.39 is 0 Å². The van der Waals surface area contributed by atoms with Gasteiger partial charge in [-0.25, -0.2) is 9.97 Å². The minimum absolute atomic E-state index is 0.576. The summed E-state index contributed by atoms with van der Waals surface area (Å²) >= 11 is 7.79. The number of hydrogen-bond donors (Lipinski definition) is 0. The lowest BCUT2D eigenvalue weighted by molar-refractivity contribution is 0.755. The van der Waals surface area contributed by atoms with E-state index in [4.69, 9.17) is 11.6 Å². The predicted octanol–water partition coefficient (Wildman–Crippen LogP) is 4.19. The molecule has 110 valence electrons. The Balaban J connectivity index is 2.05. The van der Waals surface area contributed by atoms with Crippen molar-refractivity contribution in [3.63, 3.8) is 0 Å². The van der Waals surface area contributed by atoms with Crippen molar-refractivity contribution in [2.45, 2.75) is 33.2 Å².